The highest BCUT2D eigenvalue weighted by Crippen LogP contribution is 2.30. The molecule has 1 aliphatic heterocycles. The van der Waals surface area contributed by atoms with Crippen molar-refractivity contribution in [3.63, 3.8) is 0 Å². The Morgan fingerprint density at radius 3 is 2.95 bits per heavy atom. The lowest BCUT2D eigenvalue weighted by molar-refractivity contribution is -0.115. The van der Waals surface area contributed by atoms with Gasteiger partial charge in [0, 0.05) is 19.3 Å². The van der Waals surface area contributed by atoms with E-state index >= 15 is 0 Å². The Bertz CT molecular complexity index is 641. The Hall–Kier alpha value is -2.40. The molecule has 3 rings (SSSR count). The first-order chi connectivity index (χ1) is 9.78. The predicted molar refractivity (Wildman–Crippen MR) is 78.3 cm³/mol. The molecule has 1 aromatic heterocycles. The number of nitrogens with one attached hydrogen (secondary N) is 1. The number of hydrogen-bond acceptors (Lipinski definition) is 4. The third-order valence-corrected chi connectivity index (χ3v) is 3.39. The van der Waals surface area contributed by atoms with Gasteiger partial charge in [-0.15, -0.1) is 0 Å². The van der Waals surface area contributed by atoms with Crippen LogP contribution in [0.5, 0.6) is 0 Å². The van der Waals surface area contributed by atoms with Crippen LogP contribution in [0.25, 0.3) is 0 Å². The second-order valence-electron chi connectivity index (χ2n) is 4.73. The number of nitrogens with two attached hydrogens (primary N) is 1. The van der Waals surface area contributed by atoms with Crippen LogP contribution in [-0.4, -0.2) is 17.4 Å². The average molecular weight is 268 g/mol. The third kappa shape index (κ3) is 2.35. The van der Waals surface area contributed by atoms with Crippen molar-refractivity contribution in [2.24, 2.45) is 5.73 Å². The summed E-state index contributed by atoms with van der Waals surface area (Å²) in [6.45, 7) is 1.37. The Labute approximate surface area is 117 Å². The number of amides is 1. The Morgan fingerprint density at radius 2 is 2.10 bits per heavy atom. The Balaban J connectivity index is 1.93. The highest BCUT2D eigenvalue weighted by molar-refractivity contribution is 6.01. The van der Waals surface area contributed by atoms with Gasteiger partial charge in [0.2, 0.25) is 5.91 Å². The maximum atomic E-state index is 11.8. The van der Waals surface area contributed by atoms with Crippen molar-refractivity contribution in [2.45, 2.75) is 13.1 Å². The van der Waals surface area contributed by atoms with Crippen LogP contribution in [0.2, 0.25) is 0 Å². The number of benzene rings is 1. The van der Waals surface area contributed by atoms with Crippen LogP contribution in [0, 0.1) is 0 Å². The number of rotatable bonds is 3. The summed E-state index contributed by atoms with van der Waals surface area (Å²) in [5.41, 5.74) is 9.52. The first-order valence-electron chi connectivity index (χ1n) is 6.54. The minimum Gasteiger partial charge on any atom is -0.356 e. The van der Waals surface area contributed by atoms with Crippen LogP contribution in [0.3, 0.4) is 0 Å². The van der Waals surface area contributed by atoms with Gasteiger partial charge >= 0.3 is 0 Å². The van der Waals surface area contributed by atoms with Gasteiger partial charge in [-0.1, -0.05) is 18.2 Å². The molecule has 0 saturated carbocycles. The summed E-state index contributed by atoms with van der Waals surface area (Å²) in [4.78, 5) is 18.1. The summed E-state index contributed by atoms with van der Waals surface area (Å²) < 4.78 is 0. The van der Waals surface area contributed by atoms with Crippen molar-refractivity contribution >= 4 is 17.3 Å². The Kier molecular flexibility index (Phi) is 3.35. The molecular weight excluding hydrogens is 252 g/mol. The van der Waals surface area contributed by atoms with Gasteiger partial charge in [-0.05, 0) is 23.8 Å². The van der Waals surface area contributed by atoms with Gasteiger partial charge in [-0.25, -0.2) is 0 Å². The molecule has 0 unspecified atom stereocenters. The lowest BCUT2D eigenvalue weighted by atomic mass is 10.1. The highest BCUT2D eigenvalue weighted by atomic mass is 16.2. The number of carbonyl (C=O) groups excluding carboxylic acids is 1. The zero-order chi connectivity index (χ0) is 13.9. The fraction of sp³-hybridized carbons (Fsp3) is 0.200. The van der Waals surface area contributed by atoms with E-state index in [9.17, 15) is 4.79 Å². The standard InChI is InChI=1S/C15H16N4O/c16-8-13-11(4-3-7-17-13)9-19-10-15(20)18-12-5-1-2-6-14(12)19/h1-7H,8-10,16H2,(H,18,20). The number of aromatic nitrogens is 1. The van der Waals surface area contributed by atoms with E-state index in [-0.39, 0.29) is 5.91 Å². The largest absolute Gasteiger partial charge is 0.356 e. The van der Waals surface area contributed by atoms with E-state index in [2.05, 4.69) is 10.3 Å². The van der Waals surface area contributed by atoms with E-state index in [1.807, 2.05) is 41.3 Å². The van der Waals surface area contributed by atoms with Gasteiger partial charge in [0.05, 0.1) is 23.6 Å². The lowest BCUT2D eigenvalue weighted by Gasteiger charge is -2.31. The monoisotopic (exact) mass is 268 g/mol. The molecule has 0 radical (unpaired) electrons. The Morgan fingerprint density at radius 1 is 1.25 bits per heavy atom. The first-order valence-corrected chi connectivity index (χ1v) is 6.54. The summed E-state index contributed by atoms with van der Waals surface area (Å²) in [6.07, 6.45) is 1.74. The van der Waals surface area contributed by atoms with Crippen molar-refractivity contribution in [3.8, 4) is 0 Å². The number of carbonyl (C=O) groups is 1. The molecule has 0 aliphatic carbocycles. The number of hydrogen-bond donors (Lipinski definition) is 2. The van der Waals surface area contributed by atoms with E-state index in [1.54, 1.807) is 6.20 Å². The maximum Gasteiger partial charge on any atom is 0.243 e. The molecule has 0 fully saturated rings. The van der Waals surface area contributed by atoms with Crippen LogP contribution in [0.4, 0.5) is 11.4 Å². The molecule has 5 nitrogen and oxygen atoms in total. The van der Waals surface area contributed by atoms with Crippen LogP contribution in [-0.2, 0) is 17.9 Å². The molecule has 1 aromatic carbocycles. The van der Waals surface area contributed by atoms with E-state index in [0.29, 0.717) is 19.6 Å². The van der Waals surface area contributed by atoms with Crippen LogP contribution in [0.15, 0.2) is 42.6 Å². The first kappa shape index (κ1) is 12.6. The second-order valence-corrected chi connectivity index (χ2v) is 4.73. The summed E-state index contributed by atoms with van der Waals surface area (Å²) >= 11 is 0. The van der Waals surface area contributed by atoms with Crippen LogP contribution in [0.1, 0.15) is 11.3 Å². The minimum atomic E-state index is 0.00175. The molecule has 2 heterocycles. The van der Waals surface area contributed by atoms with Gasteiger partial charge < -0.3 is 16.0 Å². The van der Waals surface area contributed by atoms with E-state index < -0.39 is 0 Å². The molecule has 0 atom stereocenters. The number of nitrogens with zero attached hydrogens (tertiary/aromatic N) is 2. The molecular formula is C15H16N4O. The molecule has 3 N–H and O–H groups in total. The third-order valence-electron chi connectivity index (χ3n) is 3.39. The summed E-state index contributed by atoms with van der Waals surface area (Å²) in [6, 6.07) is 11.7. The normalized spacial score (nSPS) is 13.8. The SMILES string of the molecule is NCc1ncccc1CN1CC(=O)Nc2ccccc21. The van der Waals surface area contributed by atoms with Crippen molar-refractivity contribution in [3.05, 3.63) is 53.9 Å². The predicted octanol–water partition coefficient (Wildman–Crippen LogP) is 1.50. The van der Waals surface area contributed by atoms with E-state index in [1.165, 1.54) is 0 Å². The van der Waals surface area contributed by atoms with Crippen LogP contribution < -0.4 is 16.0 Å². The van der Waals surface area contributed by atoms with Crippen LogP contribution >= 0.6 is 0 Å². The maximum absolute atomic E-state index is 11.8. The number of pyridine rings is 1. The summed E-state index contributed by atoms with van der Waals surface area (Å²) in [5, 5.41) is 2.88. The summed E-state index contributed by atoms with van der Waals surface area (Å²) in [5.74, 6) is 0.00175. The fourth-order valence-corrected chi connectivity index (χ4v) is 2.45. The average Bonchev–Trinajstić information content (AvgIpc) is 2.47. The molecule has 0 spiro atoms. The highest BCUT2D eigenvalue weighted by Gasteiger charge is 2.22. The fourth-order valence-electron chi connectivity index (χ4n) is 2.45. The molecule has 5 heteroatoms. The number of para-hydroxylation sites is 2. The number of fused-ring (bicyclic) bond motifs is 1. The number of anilines is 2. The topological polar surface area (TPSA) is 71.2 Å². The molecule has 2 aromatic rings. The molecule has 0 saturated heterocycles. The smallest absolute Gasteiger partial charge is 0.243 e. The van der Waals surface area contributed by atoms with Gasteiger partial charge in [-0.2, -0.15) is 0 Å². The zero-order valence-corrected chi connectivity index (χ0v) is 11.0. The van der Waals surface area contributed by atoms with Gasteiger partial charge in [0.15, 0.2) is 0 Å². The molecule has 102 valence electrons. The van der Waals surface area contributed by atoms with Crippen molar-refractivity contribution in [2.75, 3.05) is 16.8 Å². The van der Waals surface area contributed by atoms with Gasteiger partial charge in [-0.3, -0.25) is 9.78 Å². The van der Waals surface area contributed by atoms with Gasteiger partial charge in [0.1, 0.15) is 0 Å². The quantitative estimate of drug-likeness (QED) is 0.885. The van der Waals surface area contributed by atoms with Crippen molar-refractivity contribution < 1.29 is 4.79 Å². The van der Waals surface area contributed by atoms with E-state index in [0.717, 1.165) is 22.6 Å². The van der Waals surface area contributed by atoms with Gasteiger partial charge in [0.25, 0.3) is 0 Å². The minimum absolute atomic E-state index is 0.00175. The van der Waals surface area contributed by atoms with Crippen molar-refractivity contribution in [1.29, 1.82) is 0 Å². The lowest BCUT2D eigenvalue weighted by Crippen LogP contribution is -2.38. The zero-order valence-electron chi connectivity index (χ0n) is 11.0. The van der Waals surface area contributed by atoms with E-state index in [4.69, 9.17) is 5.73 Å². The molecule has 0 bridgehead atoms. The summed E-state index contributed by atoms with van der Waals surface area (Å²) in [7, 11) is 0. The molecule has 1 amide bonds. The van der Waals surface area contributed by atoms with Crippen molar-refractivity contribution in [1.82, 2.24) is 4.98 Å². The second kappa shape index (κ2) is 5.30. The molecule has 20 heavy (non-hydrogen) atoms. The molecule has 1 aliphatic rings.